The molecular weight excluding hydrogens is 326 g/mol. The van der Waals surface area contributed by atoms with Crippen LogP contribution in [0.3, 0.4) is 0 Å². The van der Waals surface area contributed by atoms with Crippen LogP contribution < -0.4 is 10.2 Å². The fraction of sp³-hybridized carbons (Fsp3) is 0.350. The third-order valence-electron chi connectivity index (χ3n) is 4.56. The van der Waals surface area contributed by atoms with Crippen LogP contribution in [0.4, 0.5) is 11.4 Å². The quantitative estimate of drug-likeness (QED) is 0.917. The summed E-state index contributed by atoms with van der Waals surface area (Å²) in [5.41, 5.74) is 4.10. The largest absolute Gasteiger partial charge is 0.368 e. The molecule has 0 bridgehead atoms. The molecule has 0 atom stereocenters. The second kappa shape index (κ2) is 7.98. The van der Waals surface area contributed by atoms with Gasteiger partial charge in [-0.05, 0) is 32.0 Å². The van der Waals surface area contributed by atoms with Crippen molar-refractivity contribution < 1.29 is 4.79 Å². The van der Waals surface area contributed by atoms with Gasteiger partial charge in [0.2, 0.25) is 5.91 Å². The molecule has 2 heterocycles. The number of anilines is 2. The number of carbonyl (C=O) groups excluding carboxylic acids is 1. The van der Waals surface area contributed by atoms with Gasteiger partial charge in [0.05, 0.1) is 23.5 Å². The molecule has 1 aromatic carbocycles. The van der Waals surface area contributed by atoms with Gasteiger partial charge in [-0.25, -0.2) is 0 Å². The molecule has 0 saturated carbocycles. The molecule has 6 nitrogen and oxygen atoms in total. The van der Waals surface area contributed by atoms with Gasteiger partial charge >= 0.3 is 0 Å². The molecule has 2 aromatic rings. The first-order valence-corrected chi connectivity index (χ1v) is 8.77. The normalized spacial score (nSPS) is 14.7. The lowest BCUT2D eigenvalue weighted by molar-refractivity contribution is -0.117. The Labute approximate surface area is 154 Å². The second-order valence-corrected chi connectivity index (χ2v) is 6.53. The van der Waals surface area contributed by atoms with E-state index in [0.717, 1.165) is 48.9 Å². The van der Waals surface area contributed by atoms with Crippen molar-refractivity contribution in [3.8, 4) is 6.07 Å². The van der Waals surface area contributed by atoms with Crippen molar-refractivity contribution in [1.82, 2.24) is 9.88 Å². The summed E-state index contributed by atoms with van der Waals surface area (Å²) in [6.45, 7) is 7.34. The minimum absolute atomic E-state index is 0.00189. The number of carbonyl (C=O) groups is 1. The van der Waals surface area contributed by atoms with E-state index < -0.39 is 0 Å². The fourth-order valence-electron chi connectivity index (χ4n) is 3.27. The zero-order valence-corrected chi connectivity index (χ0v) is 15.2. The van der Waals surface area contributed by atoms with Crippen molar-refractivity contribution in [2.24, 2.45) is 0 Å². The number of nitriles is 1. The van der Waals surface area contributed by atoms with E-state index in [0.29, 0.717) is 12.1 Å². The van der Waals surface area contributed by atoms with Gasteiger partial charge in [-0.3, -0.25) is 14.7 Å². The Morgan fingerprint density at radius 2 is 1.88 bits per heavy atom. The van der Waals surface area contributed by atoms with Crippen molar-refractivity contribution >= 4 is 17.3 Å². The summed E-state index contributed by atoms with van der Waals surface area (Å²) in [6.07, 6.45) is 0. The lowest BCUT2D eigenvalue weighted by Crippen LogP contribution is -2.49. The highest BCUT2D eigenvalue weighted by Gasteiger charge is 2.22. The van der Waals surface area contributed by atoms with Crippen LogP contribution in [0.25, 0.3) is 0 Å². The number of aryl methyl sites for hydroxylation is 2. The molecule has 0 radical (unpaired) electrons. The summed E-state index contributed by atoms with van der Waals surface area (Å²) < 4.78 is 0. The van der Waals surface area contributed by atoms with Crippen LogP contribution in [-0.4, -0.2) is 48.5 Å². The van der Waals surface area contributed by atoms with Crippen molar-refractivity contribution in [2.45, 2.75) is 13.8 Å². The molecule has 1 aliphatic heterocycles. The van der Waals surface area contributed by atoms with Gasteiger partial charge < -0.3 is 10.2 Å². The van der Waals surface area contributed by atoms with E-state index in [9.17, 15) is 10.1 Å². The molecule has 0 unspecified atom stereocenters. The second-order valence-electron chi connectivity index (χ2n) is 6.53. The Bertz CT molecular complexity index is 820. The van der Waals surface area contributed by atoms with Crippen LogP contribution in [0.5, 0.6) is 0 Å². The van der Waals surface area contributed by atoms with Crippen molar-refractivity contribution in [3.63, 3.8) is 0 Å². The lowest BCUT2D eigenvalue weighted by Gasteiger charge is -2.36. The molecule has 26 heavy (non-hydrogen) atoms. The average Bonchev–Trinajstić information content (AvgIpc) is 2.62. The number of amides is 1. The molecule has 1 aromatic heterocycles. The van der Waals surface area contributed by atoms with Crippen molar-refractivity contribution in [2.75, 3.05) is 42.9 Å². The first-order chi connectivity index (χ1) is 12.6. The van der Waals surface area contributed by atoms with Gasteiger partial charge in [-0.2, -0.15) is 5.26 Å². The lowest BCUT2D eigenvalue weighted by atomic mass is 10.1. The Balaban J connectivity index is 1.58. The Hall–Kier alpha value is -2.91. The van der Waals surface area contributed by atoms with Gasteiger partial charge in [-0.1, -0.05) is 18.2 Å². The topological polar surface area (TPSA) is 72.3 Å². The maximum atomic E-state index is 12.2. The average molecular weight is 349 g/mol. The first-order valence-electron chi connectivity index (χ1n) is 8.77. The fourth-order valence-corrected chi connectivity index (χ4v) is 3.27. The van der Waals surface area contributed by atoms with Crippen LogP contribution in [0, 0.1) is 25.2 Å². The van der Waals surface area contributed by atoms with E-state index in [-0.39, 0.29) is 5.91 Å². The summed E-state index contributed by atoms with van der Waals surface area (Å²) in [5, 5.41) is 12.4. The Morgan fingerprint density at radius 3 is 2.54 bits per heavy atom. The van der Waals surface area contributed by atoms with Gasteiger partial charge in [0, 0.05) is 37.6 Å². The molecule has 0 aliphatic carbocycles. The van der Waals surface area contributed by atoms with E-state index in [4.69, 9.17) is 0 Å². The molecule has 1 saturated heterocycles. The molecule has 1 amide bonds. The summed E-state index contributed by atoms with van der Waals surface area (Å²) >= 11 is 0. The summed E-state index contributed by atoms with van der Waals surface area (Å²) in [4.78, 5) is 20.9. The molecule has 134 valence electrons. The van der Waals surface area contributed by atoms with Crippen molar-refractivity contribution in [1.29, 1.82) is 5.26 Å². The molecule has 6 heteroatoms. The van der Waals surface area contributed by atoms with Gasteiger partial charge in [-0.15, -0.1) is 0 Å². The minimum atomic E-state index is -0.00189. The summed E-state index contributed by atoms with van der Waals surface area (Å²) in [6, 6.07) is 13.7. The highest BCUT2D eigenvalue weighted by molar-refractivity contribution is 5.92. The monoisotopic (exact) mass is 349 g/mol. The van der Waals surface area contributed by atoms with Gasteiger partial charge in [0.15, 0.2) is 0 Å². The van der Waals surface area contributed by atoms with Crippen LogP contribution in [-0.2, 0) is 4.79 Å². The highest BCUT2D eigenvalue weighted by atomic mass is 16.2. The SMILES string of the molecule is Cc1cc(N2CCN(CC(=O)Nc3ccccc3)CC2)c(C#N)c(C)n1. The van der Waals surface area contributed by atoms with E-state index >= 15 is 0 Å². The third-order valence-corrected chi connectivity index (χ3v) is 4.56. The predicted octanol–water partition coefficient (Wildman–Crippen LogP) is 2.33. The number of hydrogen-bond donors (Lipinski definition) is 1. The van der Waals surface area contributed by atoms with Crippen LogP contribution in [0.2, 0.25) is 0 Å². The highest BCUT2D eigenvalue weighted by Crippen LogP contribution is 2.24. The number of nitrogens with one attached hydrogen (secondary N) is 1. The zero-order valence-electron chi connectivity index (χ0n) is 15.2. The van der Waals surface area contributed by atoms with Gasteiger partial charge in [0.25, 0.3) is 0 Å². The van der Waals surface area contributed by atoms with Crippen LogP contribution >= 0.6 is 0 Å². The van der Waals surface area contributed by atoms with E-state index in [1.807, 2.05) is 50.2 Å². The predicted molar refractivity (Wildman–Crippen MR) is 102 cm³/mol. The molecule has 0 spiro atoms. The number of nitrogens with zero attached hydrogens (tertiary/aromatic N) is 4. The van der Waals surface area contributed by atoms with E-state index in [1.165, 1.54) is 0 Å². The molecular formula is C20H23N5O. The number of rotatable bonds is 4. The Morgan fingerprint density at radius 1 is 1.19 bits per heavy atom. The number of para-hydroxylation sites is 1. The molecule has 1 fully saturated rings. The first kappa shape index (κ1) is 17.9. The maximum Gasteiger partial charge on any atom is 0.238 e. The minimum Gasteiger partial charge on any atom is -0.368 e. The van der Waals surface area contributed by atoms with Crippen LogP contribution in [0.15, 0.2) is 36.4 Å². The standard InChI is InChI=1S/C20H23N5O/c1-15-12-19(18(13-21)16(2)22-15)25-10-8-24(9-11-25)14-20(26)23-17-6-4-3-5-7-17/h3-7,12H,8-11,14H2,1-2H3,(H,23,26). The Kier molecular flexibility index (Phi) is 5.49. The number of pyridine rings is 1. The summed E-state index contributed by atoms with van der Waals surface area (Å²) in [5.74, 6) is -0.00189. The molecule has 1 N–H and O–H groups in total. The zero-order chi connectivity index (χ0) is 18.5. The number of hydrogen-bond acceptors (Lipinski definition) is 5. The van der Waals surface area contributed by atoms with Crippen molar-refractivity contribution in [3.05, 3.63) is 53.3 Å². The molecule has 1 aliphatic rings. The van der Waals surface area contributed by atoms with Crippen LogP contribution in [0.1, 0.15) is 17.0 Å². The maximum absolute atomic E-state index is 12.2. The number of benzene rings is 1. The smallest absolute Gasteiger partial charge is 0.238 e. The summed E-state index contributed by atoms with van der Waals surface area (Å²) in [7, 11) is 0. The van der Waals surface area contributed by atoms with E-state index in [1.54, 1.807) is 0 Å². The third kappa shape index (κ3) is 4.19. The van der Waals surface area contributed by atoms with E-state index in [2.05, 4.69) is 26.2 Å². The number of aromatic nitrogens is 1. The van der Waals surface area contributed by atoms with Gasteiger partial charge in [0.1, 0.15) is 6.07 Å². The number of piperazine rings is 1. The molecule has 3 rings (SSSR count).